The van der Waals surface area contributed by atoms with Crippen molar-refractivity contribution in [2.75, 3.05) is 10.6 Å². The second kappa shape index (κ2) is 6.34. The van der Waals surface area contributed by atoms with Gasteiger partial charge >= 0.3 is 6.09 Å². The molecule has 1 aromatic carbocycles. The molecular weight excluding hydrogens is 254 g/mol. The van der Waals surface area contributed by atoms with Crippen LogP contribution in [-0.2, 0) is 9.53 Å². The van der Waals surface area contributed by atoms with E-state index in [9.17, 15) is 19.7 Å². The Balaban J connectivity index is 2.92. The van der Waals surface area contributed by atoms with Gasteiger partial charge in [-0.1, -0.05) is 0 Å². The number of ether oxygens (including phenoxy) is 1. The van der Waals surface area contributed by atoms with Gasteiger partial charge in [0.25, 0.3) is 5.69 Å². The highest BCUT2D eigenvalue weighted by atomic mass is 16.6. The Bertz CT molecular complexity index is 501. The van der Waals surface area contributed by atoms with Gasteiger partial charge in [0, 0.05) is 6.07 Å². The van der Waals surface area contributed by atoms with Gasteiger partial charge in [0.1, 0.15) is 5.69 Å². The minimum atomic E-state index is -0.708. The molecule has 2 amide bonds. The van der Waals surface area contributed by atoms with E-state index in [1.807, 2.05) is 0 Å². The van der Waals surface area contributed by atoms with Crippen LogP contribution in [0.2, 0.25) is 0 Å². The van der Waals surface area contributed by atoms with Crippen LogP contribution in [0.5, 0.6) is 0 Å². The van der Waals surface area contributed by atoms with Crippen LogP contribution >= 0.6 is 0 Å². The number of amides is 2. The number of hydrogen-bond donors (Lipinski definition) is 2. The van der Waals surface area contributed by atoms with Crippen molar-refractivity contribution in [1.82, 2.24) is 0 Å². The predicted molar refractivity (Wildman–Crippen MR) is 68.0 cm³/mol. The van der Waals surface area contributed by atoms with Crippen molar-refractivity contribution in [3.05, 3.63) is 28.3 Å². The van der Waals surface area contributed by atoms with E-state index < -0.39 is 11.0 Å². The number of nitrogens with zero attached hydrogens (tertiary/aromatic N) is 1. The van der Waals surface area contributed by atoms with E-state index in [1.165, 1.54) is 12.1 Å². The maximum Gasteiger partial charge on any atom is 0.411 e. The van der Waals surface area contributed by atoms with Gasteiger partial charge in [0.05, 0.1) is 16.7 Å². The molecule has 8 heteroatoms. The molecule has 0 spiro atoms. The normalized spacial score (nSPS) is 9.84. The molecule has 102 valence electrons. The van der Waals surface area contributed by atoms with E-state index in [-0.39, 0.29) is 23.2 Å². The molecule has 2 N–H and O–H groups in total. The van der Waals surface area contributed by atoms with Gasteiger partial charge in [-0.15, -0.1) is 0 Å². The van der Waals surface area contributed by atoms with Crippen LogP contribution in [0.15, 0.2) is 18.2 Å². The van der Waals surface area contributed by atoms with Crippen molar-refractivity contribution in [2.45, 2.75) is 20.0 Å². The van der Waals surface area contributed by atoms with Crippen molar-refractivity contribution in [1.29, 1.82) is 0 Å². The fraction of sp³-hybridized carbons (Fsp3) is 0.273. The lowest BCUT2D eigenvalue weighted by atomic mass is 10.2. The maximum absolute atomic E-state index is 11.3. The van der Waals surface area contributed by atoms with Crippen molar-refractivity contribution in [2.24, 2.45) is 0 Å². The van der Waals surface area contributed by atoms with Gasteiger partial charge in [-0.2, -0.15) is 0 Å². The molecule has 0 aromatic heterocycles. The molecule has 0 heterocycles. The molecule has 0 saturated heterocycles. The average molecular weight is 267 g/mol. The van der Waals surface area contributed by atoms with E-state index in [4.69, 9.17) is 4.74 Å². The predicted octanol–water partition coefficient (Wildman–Crippen LogP) is 2.12. The molecule has 0 unspecified atom stereocenters. The van der Waals surface area contributed by atoms with Gasteiger partial charge in [0.2, 0.25) is 6.41 Å². The number of rotatable bonds is 5. The summed E-state index contributed by atoms with van der Waals surface area (Å²) in [4.78, 5) is 31.8. The highest BCUT2D eigenvalue weighted by Crippen LogP contribution is 2.27. The van der Waals surface area contributed by atoms with E-state index >= 15 is 0 Å². The molecule has 0 saturated carbocycles. The van der Waals surface area contributed by atoms with E-state index in [0.29, 0.717) is 6.41 Å². The second-order valence-electron chi connectivity index (χ2n) is 3.83. The Hall–Kier alpha value is -2.64. The number of carbonyl (C=O) groups is 2. The summed E-state index contributed by atoms with van der Waals surface area (Å²) in [5.74, 6) is 0. The van der Waals surface area contributed by atoms with Crippen molar-refractivity contribution < 1.29 is 19.2 Å². The standard InChI is InChI=1S/C11H13N3O5/c1-7(2)19-11(16)13-8-3-4-9(12-6-15)10(5-8)14(17)18/h3-7H,1-2H3,(H,12,15)(H,13,16). The molecule has 0 aliphatic rings. The fourth-order valence-electron chi connectivity index (χ4n) is 1.31. The molecule has 0 radical (unpaired) electrons. The third kappa shape index (κ3) is 4.26. The first kappa shape index (κ1) is 14.4. The quantitative estimate of drug-likeness (QED) is 0.482. The topological polar surface area (TPSA) is 111 Å². The van der Waals surface area contributed by atoms with Crippen LogP contribution in [0, 0.1) is 10.1 Å². The third-order valence-electron chi connectivity index (χ3n) is 2.00. The Kier molecular flexibility index (Phi) is 4.81. The molecular formula is C11H13N3O5. The minimum Gasteiger partial charge on any atom is -0.447 e. The smallest absolute Gasteiger partial charge is 0.411 e. The van der Waals surface area contributed by atoms with Crippen LogP contribution in [0.3, 0.4) is 0 Å². The monoisotopic (exact) mass is 267 g/mol. The lowest BCUT2D eigenvalue weighted by molar-refractivity contribution is -0.383. The lowest BCUT2D eigenvalue weighted by Gasteiger charge is -2.10. The molecule has 0 aliphatic heterocycles. The van der Waals surface area contributed by atoms with Crippen molar-refractivity contribution in [3.8, 4) is 0 Å². The summed E-state index contributed by atoms with van der Waals surface area (Å²) in [5, 5.41) is 15.4. The van der Waals surface area contributed by atoms with Gasteiger partial charge in [-0.05, 0) is 26.0 Å². The molecule has 0 bridgehead atoms. The molecule has 1 aromatic rings. The third-order valence-corrected chi connectivity index (χ3v) is 2.00. The Morgan fingerprint density at radius 2 is 2.16 bits per heavy atom. The van der Waals surface area contributed by atoms with Gasteiger partial charge in [-0.25, -0.2) is 4.79 Å². The summed E-state index contributed by atoms with van der Waals surface area (Å²) in [5.41, 5.74) is -0.0778. The summed E-state index contributed by atoms with van der Waals surface area (Å²) in [6, 6.07) is 3.87. The molecule has 0 atom stereocenters. The maximum atomic E-state index is 11.3. The van der Waals surface area contributed by atoms with Crippen LogP contribution < -0.4 is 10.6 Å². The zero-order valence-corrected chi connectivity index (χ0v) is 10.4. The summed E-state index contributed by atoms with van der Waals surface area (Å²) in [6.45, 7) is 3.36. The second-order valence-corrected chi connectivity index (χ2v) is 3.83. The summed E-state index contributed by atoms with van der Waals surface area (Å²) < 4.78 is 4.84. The number of nitro groups is 1. The number of nitro benzene ring substituents is 1. The SMILES string of the molecule is CC(C)OC(=O)Nc1ccc(NC=O)c([N+](=O)[O-])c1. The minimum absolute atomic E-state index is 0.0442. The number of nitrogens with one attached hydrogen (secondary N) is 2. The highest BCUT2D eigenvalue weighted by Gasteiger charge is 2.15. The van der Waals surface area contributed by atoms with Crippen molar-refractivity contribution >= 4 is 29.6 Å². The Morgan fingerprint density at radius 3 is 2.68 bits per heavy atom. The van der Waals surface area contributed by atoms with E-state index in [1.54, 1.807) is 13.8 Å². The summed E-state index contributed by atoms with van der Waals surface area (Å²) in [6.07, 6.45) is -0.672. The molecule has 8 nitrogen and oxygen atoms in total. The van der Waals surface area contributed by atoms with E-state index in [0.717, 1.165) is 6.07 Å². The zero-order chi connectivity index (χ0) is 14.4. The van der Waals surface area contributed by atoms with Gasteiger partial charge < -0.3 is 10.1 Å². The average Bonchev–Trinajstić information content (AvgIpc) is 2.30. The molecule has 1 rings (SSSR count). The largest absolute Gasteiger partial charge is 0.447 e. The molecule has 0 aliphatic carbocycles. The first-order valence-corrected chi connectivity index (χ1v) is 5.40. The van der Waals surface area contributed by atoms with Crippen LogP contribution in [0.4, 0.5) is 21.9 Å². The molecule has 19 heavy (non-hydrogen) atoms. The lowest BCUT2D eigenvalue weighted by Crippen LogP contribution is -2.18. The summed E-state index contributed by atoms with van der Waals surface area (Å²) >= 11 is 0. The van der Waals surface area contributed by atoms with Crippen LogP contribution in [-0.4, -0.2) is 23.5 Å². The number of benzene rings is 1. The van der Waals surface area contributed by atoms with Gasteiger partial charge in [0.15, 0.2) is 0 Å². The highest BCUT2D eigenvalue weighted by molar-refractivity contribution is 5.87. The van der Waals surface area contributed by atoms with Gasteiger partial charge in [-0.3, -0.25) is 20.2 Å². The Morgan fingerprint density at radius 1 is 1.47 bits per heavy atom. The summed E-state index contributed by atoms with van der Waals surface area (Å²) in [7, 11) is 0. The van der Waals surface area contributed by atoms with Crippen LogP contribution in [0.1, 0.15) is 13.8 Å². The number of hydrogen-bond acceptors (Lipinski definition) is 5. The number of anilines is 2. The van der Waals surface area contributed by atoms with Crippen molar-refractivity contribution in [3.63, 3.8) is 0 Å². The zero-order valence-electron chi connectivity index (χ0n) is 10.4. The van der Waals surface area contributed by atoms with E-state index in [2.05, 4.69) is 10.6 Å². The Labute approximate surface area is 108 Å². The first-order valence-electron chi connectivity index (χ1n) is 5.40. The number of carbonyl (C=O) groups excluding carboxylic acids is 2. The fourth-order valence-corrected chi connectivity index (χ4v) is 1.31. The first-order chi connectivity index (χ1) is 8.93. The molecule has 0 fully saturated rings. The van der Waals surface area contributed by atoms with Crippen LogP contribution in [0.25, 0.3) is 0 Å².